The number of ether oxygens (including phenoxy) is 2. The average Bonchev–Trinajstić information content (AvgIpc) is 3.24. The third kappa shape index (κ3) is 1.87. The lowest BCUT2D eigenvalue weighted by Gasteiger charge is -2.35. The number of benzene rings is 2. The van der Waals surface area contributed by atoms with Gasteiger partial charge in [0.15, 0.2) is 0 Å². The minimum absolute atomic E-state index is 0.0658. The van der Waals surface area contributed by atoms with Crippen molar-refractivity contribution in [2.45, 2.75) is 37.3 Å². The van der Waals surface area contributed by atoms with Gasteiger partial charge in [-0.2, -0.15) is 0 Å². The summed E-state index contributed by atoms with van der Waals surface area (Å²) in [5.74, 6) is 0. The van der Waals surface area contributed by atoms with Gasteiger partial charge in [0.1, 0.15) is 17.8 Å². The van der Waals surface area contributed by atoms with Crippen LogP contribution in [0.3, 0.4) is 0 Å². The van der Waals surface area contributed by atoms with Crippen LogP contribution in [0, 0.1) is 0 Å². The molecule has 0 saturated carbocycles. The first-order valence-electron chi connectivity index (χ1n) is 7.21. The fourth-order valence-corrected chi connectivity index (χ4v) is 3.60. The number of rotatable bonds is 2. The first-order chi connectivity index (χ1) is 10.0. The molecule has 0 radical (unpaired) electrons. The molecule has 0 bridgehead atoms. The summed E-state index contributed by atoms with van der Waals surface area (Å²) in [5.41, 5.74) is 1.39. The molecule has 2 fully saturated rings. The van der Waals surface area contributed by atoms with E-state index in [2.05, 4.69) is 26.0 Å². The van der Waals surface area contributed by atoms with Gasteiger partial charge in [0, 0.05) is 5.02 Å². The summed E-state index contributed by atoms with van der Waals surface area (Å²) in [6.07, 6.45) is 0.212. The fraction of sp³-hybridized carbons (Fsp3) is 0.333. The van der Waals surface area contributed by atoms with Crippen molar-refractivity contribution in [3.05, 3.63) is 70.7 Å². The Balaban J connectivity index is 1.90. The van der Waals surface area contributed by atoms with Gasteiger partial charge < -0.3 is 9.47 Å². The lowest BCUT2D eigenvalue weighted by Crippen LogP contribution is -2.38. The summed E-state index contributed by atoms with van der Waals surface area (Å²) >= 11 is 6.04. The predicted octanol–water partition coefficient (Wildman–Crippen LogP) is 4.16. The average molecular weight is 301 g/mol. The number of epoxide rings is 1. The van der Waals surface area contributed by atoms with Crippen molar-refractivity contribution in [1.29, 1.82) is 0 Å². The molecule has 0 spiro atoms. The highest BCUT2D eigenvalue weighted by Crippen LogP contribution is 2.59. The van der Waals surface area contributed by atoms with Crippen LogP contribution < -0.4 is 0 Å². The summed E-state index contributed by atoms with van der Waals surface area (Å²) in [6.45, 7) is 4.19. The highest BCUT2D eigenvalue weighted by atomic mass is 35.5. The molecule has 0 aromatic heterocycles. The van der Waals surface area contributed by atoms with Crippen molar-refractivity contribution in [3.8, 4) is 0 Å². The molecule has 2 saturated heterocycles. The molecule has 108 valence electrons. The topological polar surface area (TPSA) is 21.8 Å². The molecule has 0 aliphatic carbocycles. The first-order valence-corrected chi connectivity index (χ1v) is 7.59. The second-order valence-corrected chi connectivity index (χ2v) is 6.73. The van der Waals surface area contributed by atoms with E-state index >= 15 is 0 Å². The van der Waals surface area contributed by atoms with Crippen molar-refractivity contribution < 1.29 is 9.47 Å². The largest absolute Gasteiger partial charge is 0.363 e. The molecule has 2 aromatic rings. The van der Waals surface area contributed by atoms with E-state index in [9.17, 15) is 0 Å². The summed E-state index contributed by atoms with van der Waals surface area (Å²) < 4.78 is 12.5. The first kappa shape index (κ1) is 13.3. The van der Waals surface area contributed by atoms with Crippen LogP contribution in [0.5, 0.6) is 0 Å². The van der Waals surface area contributed by atoms with Gasteiger partial charge >= 0.3 is 0 Å². The van der Waals surface area contributed by atoms with E-state index in [1.807, 2.05) is 42.5 Å². The lowest BCUT2D eigenvalue weighted by molar-refractivity contribution is -0.130. The maximum Gasteiger partial charge on any atom is 0.148 e. The summed E-state index contributed by atoms with van der Waals surface area (Å²) in [7, 11) is 0. The van der Waals surface area contributed by atoms with E-state index in [1.54, 1.807) is 0 Å². The molecular weight excluding hydrogens is 284 g/mol. The van der Waals surface area contributed by atoms with Gasteiger partial charge in [-0.15, -0.1) is 0 Å². The SMILES string of the molecule is CC1(C)OC(c2ccccc2)(c2ccc(Cl)cc2)C2OC21. The van der Waals surface area contributed by atoms with Crippen molar-refractivity contribution >= 4 is 11.6 Å². The van der Waals surface area contributed by atoms with Gasteiger partial charge in [-0.3, -0.25) is 0 Å². The maximum atomic E-state index is 6.54. The Morgan fingerprint density at radius 2 is 1.48 bits per heavy atom. The van der Waals surface area contributed by atoms with Crippen molar-refractivity contribution in [2.24, 2.45) is 0 Å². The zero-order valence-electron chi connectivity index (χ0n) is 12.0. The zero-order chi connectivity index (χ0) is 14.7. The van der Waals surface area contributed by atoms with Crippen molar-refractivity contribution in [2.75, 3.05) is 0 Å². The van der Waals surface area contributed by atoms with E-state index in [1.165, 1.54) is 0 Å². The maximum absolute atomic E-state index is 6.54. The zero-order valence-corrected chi connectivity index (χ0v) is 12.8. The van der Waals surface area contributed by atoms with E-state index in [0.717, 1.165) is 16.1 Å². The molecule has 2 heterocycles. The van der Waals surface area contributed by atoms with Crippen molar-refractivity contribution in [1.82, 2.24) is 0 Å². The Morgan fingerprint density at radius 3 is 2.00 bits per heavy atom. The van der Waals surface area contributed by atoms with Crippen LogP contribution in [0.2, 0.25) is 5.02 Å². The molecule has 2 aliphatic rings. The lowest BCUT2D eigenvalue weighted by atomic mass is 9.83. The highest BCUT2D eigenvalue weighted by molar-refractivity contribution is 6.30. The molecule has 0 N–H and O–H groups in total. The Morgan fingerprint density at radius 1 is 0.857 bits per heavy atom. The minimum Gasteiger partial charge on any atom is -0.363 e. The highest BCUT2D eigenvalue weighted by Gasteiger charge is 2.70. The second-order valence-electron chi connectivity index (χ2n) is 6.29. The second kappa shape index (κ2) is 4.33. The van der Waals surface area contributed by atoms with Gasteiger partial charge in [-0.25, -0.2) is 0 Å². The third-order valence-electron chi connectivity index (χ3n) is 4.48. The van der Waals surface area contributed by atoms with E-state index in [-0.39, 0.29) is 17.8 Å². The molecule has 2 nitrogen and oxygen atoms in total. The molecule has 3 unspecified atom stereocenters. The van der Waals surface area contributed by atoms with Crippen LogP contribution in [0.15, 0.2) is 54.6 Å². The summed E-state index contributed by atoms with van der Waals surface area (Å²) in [6, 6.07) is 18.2. The molecule has 2 aromatic carbocycles. The monoisotopic (exact) mass is 300 g/mol. The van der Waals surface area contributed by atoms with Crippen LogP contribution in [-0.2, 0) is 15.1 Å². The number of fused-ring (bicyclic) bond motifs is 1. The van der Waals surface area contributed by atoms with Gasteiger partial charge in [-0.1, -0.05) is 54.1 Å². The van der Waals surface area contributed by atoms with Crippen LogP contribution in [0.25, 0.3) is 0 Å². The number of hydrogen-bond donors (Lipinski definition) is 0. The van der Waals surface area contributed by atoms with Crippen LogP contribution in [-0.4, -0.2) is 17.8 Å². The number of hydrogen-bond acceptors (Lipinski definition) is 2. The normalized spacial score (nSPS) is 32.7. The Hall–Kier alpha value is -1.35. The molecular formula is C18H17ClO2. The molecule has 0 amide bonds. The van der Waals surface area contributed by atoms with E-state index in [0.29, 0.717) is 0 Å². The Bertz CT molecular complexity index is 665. The van der Waals surface area contributed by atoms with Gasteiger partial charge in [0.25, 0.3) is 0 Å². The van der Waals surface area contributed by atoms with Gasteiger partial charge in [0.05, 0.1) is 5.60 Å². The fourth-order valence-electron chi connectivity index (χ4n) is 3.48. The molecule has 3 heteroatoms. The molecule has 4 rings (SSSR count). The molecule has 21 heavy (non-hydrogen) atoms. The molecule has 2 aliphatic heterocycles. The standard InChI is InChI=1S/C18H17ClO2/c1-17(2)15-16(20-15)18(21-17,12-6-4-3-5-7-12)13-8-10-14(19)11-9-13/h3-11,15-16H,1-2H3. The van der Waals surface area contributed by atoms with E-state index < -0.39 is 5.60 Å². The Kier molecular flexibility index (Phi) is 2.74. The van der Waals surface area contributed by atoms with Crippen LogP contribution >= 0.6 is 11.6 Å². The molecule has 3 atom stereocenters. The summed E-state index contributed by atoms with van der Waals surface area (Å²) in [5, 5.41) is 0.729. The van der Waals surface area contributed by atoms with Gasteiger partial charge in [-0.05, 0) is 37.1 Å². The smallest absolute Gasteiger partial charge is 0.148 e. The summed E-state index contributed by atoms with van der Waals surface area (Å²) in [4.78, 5) is 0. The predicted molar refractivity (Wildman–Crippen MR) is 82.5 cm³/mol. The third-order valence-corrected chi connectivity index (χ3v) is 4.73. The Labute approximate surface area is 129 Å². The van der Waals surface area contributed by atoms with Crippen molar-refractivity contribution in [3.63, 3.8) is 0 Å². The van der Waals surface area contributed by atoms with Crippen LogP contribution in [0.1, 0.15) is 25.0 Å². The number of halogens is 1. The quantitative estimate of drug-likeness (QED) is 0.777. The van der Waals surface area contributed by atoms with E-state index in [4.69, 9.17) is 21.1 Å². The van der Waals surface area contributed by atoms with Crippen LogP contribution in [0.4, 0.5) is 0 Å². The minimum atomic E-state index is -0.542. The van der Waals surface area contributed by atoms with Gasteiger partial charge in [0.2, 0.25) is 0 Å².